The van der Waals surface area contributed by atoms with E-state index in [0.29, 0.717) is 37.5 Å². The van der Waals surface area contributed by atoms with Crippen LogP contribution in [0, 0.1) is 3.57 Å². The molecule has 2 aromatic rings. The van der Waals surface area contributed by atoms with Crippen molar-refractivity contribution in [2.75, 3.05) is 14.2 Å². The lowest BCUT2D eigenvalue weighted by molar-refractivity contribution is -0.142. The number of methoxy groups -OCH3 is 2. The molecule has 0 aliphatic carbocycles. The molecule has 0 heterocycles. The van der Waals surface area contributed by atoms with Gasteiger partial charge in [-0.25, -0.2) is 0 Å². The van der Waals surface area contributed by atoms with E-state index in [2.05, 4.69) is 56.5 Å². The molecule has 2 rings (SSSR count). The molecule has 0 saturated carbocycles. The SMILES string of the molecule is COc1ccc(OC)c(-c2c(O[Si](C)(C)C(C)(C)C)ccc(I)c2O)c1COC(C)=O. The van der Waals surface area contributed by atoms with Crippen molar-refractivity contribution >= 4 is 36.9 Å². The summed E-state index contributed by atoms with van der Waals surface area (Å²) in [7, 11) is 0.877. The van der Waals surface area contributed by atoms with Crippen LogP contribution in [0.5, 0.6) is 23.0 Å². The van der Waals surface area contributed by atoms with Crippen LogP contribution in [0.2, 0.25) is 18.1 Å². The van der Waals surface area contributed by atoms with E-state index in [1.165, 1.54) is 6.92 Å². The zero-order valence-electron chi connectivity index (χ0n) is 19.4. The molecule has 0 bridgehead atoms. The smallest absolute Gasteiger partial charge is 0.302 e. The number of rotatable bonds is 7. The molecule has 0 aliphatic heterocycles. The zero-order valence-corrected chi connectivity index (χ0v) is 22.5. The van der Waals surface area contributed by atoms with Crippen molar-refractivity contribution in [2.45, 2.75) is 52.4 Å². The van der Waals surface area contributed by atoms with Crippen molar-refractivity contribution in [3.63, 3.8) is 0 Å². The number of ether oxygens (including phenoxy) is 3. The minimum atomic E-state index is -2.22. The zero-order chi connectivity index (χ0) is 23.6. The third-order valence-electron chi connectivity index (χ3n) is 5.60. The van der Waals surface area contributed by atoms with E-state index in [1.807, 2.05) is 12.1 Å². The average Bonchev–Trinajstić information content (AvgIpc) is 2.67. The molecule has 0 aromatic heterocycles. The van der Waals surface area contributed by atoms with Gasteiger partial charge in [0.1, 0.15) is 29.6 Å². The molecular weight excluding hydrogens is 527 g/mol. The molecule has 6 nitrogen and oxygen atoms in total. The molecule has 0 unspecified atom stereocenters. The summed E-state index contributed by atoms with van der Waals surface area (Å²) in [6.45, 7) is 12.1. The van der Waals surface area contributed by atoms with Crippen molar-refractivity contribution < 1.29 is 28.5 Å². The lowest BCUT2D eigenvalue weighted by Gasteiger charge is -2.37. The molecule has 31 heavy (non-hydrogen) atoms. The van der Waals surface area contributed by atoms with E-state index in [0.717, 1.165) is 0 Å². The molecule has 0 fully saturated rings. The third-order valence-corrected chi connectivity index (χ3v) is 10.8. The fourth-order valence-corrected chi connectivity index (χ4v) is 4.34. The largest absolute Gasteiger partial charge is 0.543 e. The van der Waals surface area contributed by atoms with Crippen LogP contribution < -0.4 is 13.9 Å². The summed E-state index contributed by atoms with van der Waals surface area (Å²) in [5.74, 6) is 1.25. The van der Waals surface area contributed by atoms with Gasteiger partial charge in [0, 0.05) is 18.1 Å². The van der Waals surface area contributed by atoms with Crippen molar-refractivity contribution in [1.82, 2.24) is 0 Å². The number of carbonyl (C=O) groups excluding carboxylic acids is 1. The molecule has 0 atom stereocenters. The second-order valence-corrected chi connectivity index (χ2v) is 14.6. The Bertz CT molecular complexity index is 966. The number of aromatic hydroxyl groups is 1. The van der Waals surface area contributed by atoms with Crippen molar-refractivity contribution in [2.24, 2.45) is 0 Å². The standard InChI is InChI=1S/C23H31IO6Si/c1-14(25)29-13-15-17(27-5)11-12-18(28-6)20(15)21-19(10-9-16(24)22(21)26)30-31(7,8)23(2,3)4/h9-12,26H,13H2,1-8H3. The quantitative estimate of drug-likeness (QED) is 0.251. The van der Waals surface area contributed by atoms with Gasteiger partial charge in [0.15, 0.2) is 0 Å². The van der Waals surface area contributed by atoms with E-state index in [-0.39, 0.29) is 17.4 Å². The molecule has 0 aliphatic rings. The van der Waals surface area contributed by atoms with Crippen molar-refractivity contribution in [3.8, 4) is 34.1 Å². The maximum Gasteiger partial charge on any atom is 0.302 e. The van der Waals surface area contributed by atoms with Crippen molar-refractivity contribution in [1.29, 1.82) is 0 Å². The lowest BCUT2D eigenvalue weighted by Crippen LogP contribution is -2.44. The number of esters is 1. The van der Waals surface area contributed by atoms with Gasteiger partial charge in [0.05, 0.1) is 23.4 Å². The molecular formula is C23H31IO6Si. The van der Waals surface area contributed by atoms with E-state index in [1.54, 1.807) is 26.4 Å². The van der Waals surface area contributed by atoms with Crippen LogP contribution in [0.3, 0.4) is 0 Å². The number of hydrogen-bond acceptors (Lipinski definition) is 6. The average molecular weight is 558 g/mol. The monoisotopic (exact) mass is 558 g/mol. The molecule has 8 heteroatoms. The lowest BCUT2D eigenvalue weighted by atomic mass is 9.96. The molecule has 0 spiro atoms. The van der Waals surface area contributed by atoms with Gasteiger partial charge >= 0.3 is 5.97 Å². The van der Waals surface area contributed by atoms with E-state index in [9.17, 15) is 9.90 Å². The van der Waals surface area contributed by atoms with E-state index < -0.39 is 14.3 Å². The summed E-state index contributed by atoms with van der Waals surface area (Å²) in [5, 5.41) is 11.1. The first-order valence-corrected chi connectivity index (χ1v) is 13.9. The van der Waals surface area contributed by atoms with Gasteiger partial charge in [-0.1, -0.05) is 20.8 Å². The highest BCUT2D eigenvalue weighted by molar-refractivity contribution is 14.1. The summed E-state index contributed by atoms with van der Waals surface area (Å²) >= 11 is 2.08. The van der Waals surface area contributed by atoms with Crippen LogP contribution in [0.15, 0.2) is 24.3 Å². The highest BCUT2D eigenvalue weighted by Gasteiger charge is 2.40. The molecule has 0 saturated heterocycles. The highest BCUT2D eigenvalue weighted by atomic mass is 127. The van der Waals surface area contributed by atoms with Crippen LogP contribution in [0.4, 0.5) is 0 Å². The summed E-state index contributed by atoms with van der Waals surface area (Å²) in [5.41, 5.74) is 1.66. The molecule has 0 amide bonds. The normalized spacial score (nSPS) is 11.8. The second kappa shape index (κ2) is 9.68. The Balaban J connectivity index is 2.86. The number of phenolic OH excluding ortho intramolecular Hbond substituents is 1. The van der Waals surface area contributed by atoms with Gasteiger partial charge in [0.2, 0.25) is 0 Å². The fourth-order valence-electron chi connectivity index (χ4n) is 2.86. The van der Waals surface area contributed by atoms with Crippen LogP contribution in [-0.4, -0.2) is 33.6 Å². The van der Waals surface area contributed by atoms with Crippen LogP contribution >= 0.6 is 22.6 Å². The molecule has 170 valence electrons. The first-order chi connectivity index (χ1) is 14.3. The Morgan fingerprint density at radius 2 is 1.55 bits per heavy atom. The van der Waals surface area contributed by atoms with Crippen LogP contribution in [0.1, 0.15) is 33.3 Å². The Kier molecular flexibility index (Phi) is 7.91. The van der Waals surface area contributed by atoms with Gasteiger partial charge in [-0.2, -0.15) is 0 Å². The summed E-state index contributed by atoms with van der Waals surface area (Å²) < 4.78 is 23.8. The fraction of sp³-hybridized carbons (Fsp3) is 0.435. The predicted molar refractivity (Wildman–Crippen MR) is 133 cm³/mol. The summed E-state index contributed by atoms with van der Waals surface area (Å²) in [6.07, 6.45) is 0. The van der Waals surface area contributed by atoms with E-state index in [4.69, 9.17) is 18.6 Å². The Morgan fingerprint density at radius 3 is 2.06 bits per heavy atom. The highest BCUT2D eigenvalue weighted by Crippen LogP contribution is 2.50. The van der Waals surface area contributed by atoms with Gasteiger partial charge in [0.25, 0.3) is 8.32 Å². The minimum absolute atomic E-state index is 0.0323. The van der Waals surface area contributed by atoms with Gasteiger partial charge < -0.3 is 23.7 Å². The maximum absolute atomic E-state index is 11.5. The number of phenols is 1. The maximum atomic E-state index is 11.5. The minimum Gasteiger partial charge on any atom is -0.543 e. The number of hydrogen-bond donors (Lipinski definition) is 1. The summed E-state index contributed by atoms with van der Waals surface area (Å²) in [6, 6.07) is 7.20. The Morgan fingerprint density at radius 1 is 1.00 bits per heavy atom. The van der Waals surface area contributed by atoms with Crippen LogP contribution in [-0.2, 0) is 16.1 Å². The predicted octanol–water partition coefficient (Wildman–Crippen LogP) is 6.13. The molecule has 0 radical (unpaired) electrons. The van der Waals surface area contributed by atoms with Crippen molar-refractivity contribution in [3.05, 3.63) is 33.4 Å². The third kappa shape index (κ3) is 5.46. The number of halogens is 1. The van der Waals surface area contributed by atoms with Gasteiger partial charge in [-0.15, -0.1) is 0 Å². The first kappa shape index (κ1) is 25.3. The number of carbonyl (C=O) groups is 1. The van der Waals surface area contributed by atoms with Gasteiger partial charge in [-0.05, 0) is 65.0 Å². The molecule has 1 N–H and O–H groups in total. The summed E-state index contributed by atoms with van der Waals surface area (Å²) in [4.78, 5) is 11.5. The topological polar surface area (TPSA) is 74.2 Å². The molecule has 2 aromatic carbocycles. The Labute approximate surface area is 199 Å². The van der Waals surface area contributed by atoms with Crippen LogP contribution in [0.25, 0.3) is 11.1 Å². The second-order valence-electron chi connectivity index (χ2n) is 8.74. The van der Waals surface area contributed by atoms with Gasteiger partial charge in [-0.3, -0.25) is 4.79 Å². The first-order valence-electron chi connectivity index (χ1n) is 9.92. The van der Waals surface area contributed by atoms with E-state index >= 15 is 0 Å². The Hall–Kier alpha value is -1.94. The number of benzene rings is 2.